The Bertz CT molecular complexity index is 1640. The van der Waals surface area contributed by atoms with Crippen molar-refractivity contribution in [3.63, 3.8) is 0 Å². The molecule has 1 amide bonds. The standard InChI is InChI=1S/C32H28ClNO6/c1-36-23-11-7-20(8-12-23)31-29(21-13-24(37-2)15-25(14-21)38-3)30-27(16-26(39-4)17-28(30)40-31)32(35)34-18-19-5-9-22(33)10-6-19/h5-17H,18H2,1-4H3,(H,34,35). The Labute approximate surface area is 237 Å². The average Bonchev–Trinajstić information content (AvgIpc) is 3.39. The van der Waals surface area contributed by atoms with Crippen molar-refractivity contribution < 1.29 is 28.2 Å². The molecule has 40 heavy (non-hydrogen) atoms. The third-order valence-electron chi connectivity index (χ3n) is 6.60. The maximum Gasteiger partial charge on any atom is 0.252 e. The lowest BCUT2D eigenvalue weighted by Crippen LogP contribution is -2.23. The summed E-state index contributed by atoms with van der Waals surface area (Å²) in [5.41, 5.74) is 4.11. The van der Waals surface area contributed by atoms with Gasteiger partial charge in [0.25, 0.3) is 5.91 Å². The van der Waals surface area contributed by atoms with E-state index >= 15 is 0 Å². The zero-order valence-electron chi connectivity index (χ0n) is 22.5. The number of hydrogen-bond donors (Lipinski definition) is 1. The van der Waals surface area contributed by atoms with Crippen molar-refractivity contribution in [2.24, 2.45) is 0 Å². The minimum Gasteiger partial charge on any atom is -0.497 e. The van der Waals surface area contributed by atoms with Crippen molar-refractivity contribution in [2.45, 2.75) is 6.54 Å². The van der Waals surface area contributed by atoms with Gasteiger partial charge < -0.3 is 28.7 Å². The van der Waals surface area contributed by atoms with E-state index in [1.165, 1.54) is 0 Å². The van der Waals surface area contributed by atoms with Crippen molar-refractivity contribution >= 4 is 28.5 Å². The van der Waals surface area contributed by atoms with Gasteiger partial charge in [0.05, 0.1) is 34.0 Å². The molecule has 0 spiro atoms. The highest BCUT2D eigenvalue weighted by Gasteiger charge is 2.25. The highest BCUT2D eigenvalue weighted by molar-refractivity contribution is 6.30. The van der Waals surface area contributed by atoms with Crippen molar-refractivity contribution in [2.75, 3.05) is 28.4 Å². The van der Waals surface area contributed by atoms with Gasteiger partial charge in [-0.1, -0.05) is 23.7 Å². The quantitative estimate of drug-likeness (QED) is 0.204. The number of benzene rings is 4. The van der Waals surface area contributed by atoms with Crippen LogP contribution in [0, 0.1) is 0 Å². The molecule has 1 aromatic heterocycles. The fourth-order valence-electron chi connectivity index (χ4n) is 4.55. The minimum absolute atomic E-state index is 0.281. The first-order valence-corrected chi connectivity index (χ1v) is 12.9. The summed E-state index contributed by atoms with van der Waals surface area (Å²) < 4.78 is 28.5. The summed E-state index contributed by atoms with van der Waals surface area (Å²) in [5, 5.41) is 4.29. The fourth-order valence-corrected chi connectivity index (χ4v) is 4.68. The van der Waals surface area contributed by atoms with Crippen LogP contribution >= 0.6 is 11.6 Å². The number of carbonyl (C=O) groups excluding carboxylic acids is 1. The summed E-state index contributed by atoms with van der Waals surface area (Å²) >= 11 is 6.02. The average molecular weight is 558 g/mol. The molecule has 1 N–H and O–H groups in total. The number of amides is 1. The first-order valence-electron chi connectivity index (χ1n) is 12.5. The molecule has 5 aromatic rings. The molecule has 0 atom stereocenters. The van der Waals surface area contributed by atoms with Crippen LogP contribution < -0.4 is 24.3 Å². The van der Waals surface area contributed by atoms with E-state index in [9.17, 15) is 4.79 Å². The van der Waals surface area contributed by atoms with E-state index in [2.05, 4.69) is 5.32 Å². The summed E-state index contributed by atoms with van der Waals surface area (Å²) in [7, 11) is 6.36. The van der Waals surface area contributed by atoms with Crippen molar-refractivity contribution in [3.05, 3.63) is 95.0 Å². The van der Waals surface area contributed by atoms with Crippen LogP contribution in [0.25, 0.3) is 33.4 Å². The van der Waals surface area contributed by atoms with E-state index in [0.717, 1.165) is 22.3 Å². The normalized spacial score (nSPS) is 10.8. The van der Waals surface area contributed by atoms with Gasteiger partial charge in [-0.25, -0.2) is 0 Å². The van der Waals surface area contributed by atoms with E-state index in [4.69, 9.17) is 35.0 Å². The zero-order chi connectivity index (χ0) is 28.2. The topological polar surface area (TPSA) is 79.2 Å². The number of hydrogen-bond acceptors (Lipinski definition) is 6. The molecule has 0 aliphatic carbocycles. The molecule has 0 aliphatic rings. The largest absolute Gasteiger partial charge is 0.497 e. The van der Waals surface area contributed by atoms with Crippen LogP contribution in [0.4, 0.5) is 0 Å². The maximum atomic E-state index is 13.7. The Morgan fingerprint density at radius 3 is 1.93 bits per heavy atom. The molecule has 7 nitrogen and oxygen atoms in total. The smallest absolute Gasteiger partial charge is 0.252 e. The van der Waals surface area contributed by atoms with Crippen LogP contribution in [0.1, 0.15) is 15.9 Å². The summed E-state index contributed by atoms with van der Waals surface area (Å²) in [4.78, 5) is 13.7. The number of carbonyl (C=O) groups is 1. The molecule has 0 aliphatic heterocycles. The Kier molecular flexibility index (Phi) is 7.84. The van der Waals surface area contributed by atoms with Gasteiger partial charge in [0.2, 0.25) is 0 Å². The van der Waals surface area contributed by atoms with Crippen molar-refractivity contribution in [1.29, 1.82) is 0 Å². The van der Waals surface area contributed by atoms with Crippen LogP contribution in [0.2, 0.25) is 5.02 Å². The number of halogens is 1. The fraction of sp³-hybridized carbons (Fsp3) is 0.156. The summed E-state index contributed by atoms with van der Waals surface area (Å²) in [6, 6.07) is 23.9. The number of nitrogens with one attached hydrogen (secondary N) is 1. The van der Waals surface area contributed by atoms with E-state index in [1.54, 1.807) is 58.8 Å². The lowest BCUT2D eigenvalue weighted by Gasteiger charge is -2.12. The molecular weight excluding hydrogens is 530 g/mol. The molecule has 0 bridgehead atoms. The number of furan rings is 1. The Hall–Kier alpha value is -4.62. The summed E-state index contributed by atoms with van der Waals surface area (Å²) in [5.74, 6) is 2.71. The molecule has 4 aromatic carbocycles. The lowest BCUT2D eigenvalue weighted by molar-refractivity contribution is 0.0952. The van der Waals surface area contributed by atoms with E-state index < -0.39 is 0 Å². The Balaban J connectivity index is 1.73. The molecule has 5 rings (SSSR count). The van der Waals surface area contributed by atoms with Gasteiger partial charge in [-0.2, -0.15) is 0 Å². The zero-order valence-corrected chi connectivity index (χ0v) is 23.3. The lowest BCUT2D eigenvalue weighted by atomic mass is 9.95. The number of methoxy groups -OCH3 is 4. The number of ether oxygens (including phenoxy) is 4. The third kappa shape index (κ3) is 5.42. The Morgan fingerprint density at radius 2 is 1.32 bits per heavy atom. The summed E-state index contributed by atoms with van der Waals surface area (Å²) in [6.45, 7) is 0.320. The molecular formula is C32H28ClNO6. The summed E-state index contributed by atoms with van der Waals surface area (Å²) in [6.07, 6.45) is 0. The maximum absolute atomic E-state index is 13.7. The molecule has 0 radical (unpaired) electrons. The van der Waals surface area contributed by atoms with Crippen molar-refractivity contribution in [3.8, 4) is 45.4 Å². The van der Waals surface area contributed by atoms with Gasteiger partial charge in [0.1, 0.15) is 34.3 Å². The monoisotopic (exact) mass is 557 g/mol. The second kappa shape index (κ2) is 11.6. The predicted octanol–water partition coefficient (Wildman–Crippen LogP) is 7.38. The molecule has 0 fully saturated rings. The third-order valence-corrected chi connectivity index (χ3v) is 6.86. The molecule has 0 unspecified atom stereocenters. The molecule has 0 saturated carbocycles. The van der Waals surface area contributed by atoms with Crippen LogP contribution in [-0.2, 0) is 6.54 Å². The van der Waals surface area contributed by atoms with Crippen LogP contribution in [0.5, 0.6) is 23.0 Å². The highest BCUT2D eigenvalue weighted by atomic mass is 35.5. The van der Waals surface area contributed by atoms with Gasteiger partial charge >= 0.3 is 0 Å². The van der Waals surface area contributed by atoms with E-state index in [1.807, 2.05) is 48.5 Å². The SMILES string of the molecule is COc1ccc(-c2oc3cc(OC)cc(C(=O)NCc4ccc(Cl)cc4)c3c2-c2cc(OC)cc(OC)c2)cc1. The predicted molar refractivity (Wildman–Crippen MR) is 156 cm³/mol. The van der Waals surface area contributed by atoms with Crippen LogP contribution in [-0.4, -0.2) is 34.3 Å². The second-order valence-corrected chi connectivity index (χ2v) is 9.43. The van der Waals surface area contributed by atoms with Gasteiger partial charge in [0.15, 0.2) is 0 Å². The van der Waals surface area contributed by atoms with Crippen LogP contribution in [0.3, 0.4) is 0 Å². The van der Waals surface area contributed by atoms with Gasteiger partial charge in [-0.3, -0.25) is 4.79 Å². The Morgan fingerprint density at radius 1 is 0.725 bits per heavy atom. The highest BCUT2D eigenvalue weighted by Crippen LogP contribution is 2.45. The van der Waals surface area contributed by atoms with Gasteiger partial charge in [-0.15, -0.1) is 0 Å². The van der Waals surface area contributed by atoms with Crippen molar-refractivity contribution in [1.82, 2.24) is 5.32 Å². The molecule has 1 heterocycles. The minimum atomic E-state index is -0.281. The second-order valence-electron chi connectivity index (χ2n) is 8.99. The first-order chi connectivity index (χ1) is 19.4. The van der Waals surface area contributed by atoms with Gasteiger partial charge in [-0.05, 0) is 65.7 Å². The van der Waals surface area contributed by atoms with E-state index in [-0.39, 0.29) is 5.91 Å². The van der Waals surface area contributed by atoms with Gasteiger partial charge in [0, 0.05) is 40.2 Å². The molecule has 204 valence electrons. The first kappa shape index (κ1) is 27.0. The van der Waals surface area contributed by atoms with E-state index in [0.29, 0.717) is 56.9 Å². The number of fused-ring (bicyclic) bond motifs is 1. The van der Waals surface area contributed by atoms with Crippen LogP contribution in [0.15, 0.2) is 83.3 Å². The number of rotatable bonds is 9. The molecule has 8 heteroatoms. The molecule has 0 saturated heterocycles.